The van der Waals surface area contributed by atoms with E-state index in [0.29, 0.717) is 18.0 Å². The van der Waals surface area contributed by atoms with E-state index in [4.69, 9.17) is 10.5 Å². The summed E-state index contributed by atoms with van der Waals surface area (Å²) in [5, 5.41) is 0. The predicted octanol–water partition coefficient (Wildman–Crippen LogP) is 0.230. The molecule has 1 unspecified atom stereocenters. The van der Waals surface area contributed by atoms with Crippen molar-refractivity contribution in [1.29, 1.82) is 0 Å². The fourth-order valence-electron chi connectivity index (χ4n) is 1.54. The van der Waals surface area contributed by atoms with Crippen LogP contribution in [0.4, 0.5) is 5.82 Å². The Morgan fingerprint density at radius 2 is 2.33 bits per heavy atom. The lowest BCUT2D eigenvalue weighted by atomic mass is 10.3. The summed E-state index contributed by atoms with van der Waals surface area (Å²) in [5.41, 5.74) is 5.58. The third-order valence-corrected chi connectivity index (χ3v) is 4.02. The molecule has 0 aromatic carbocycles. The van der Waals surface area contributed by atoms with Gasteiger partial charge in [0, 0.05) is 6.20 Å². The van der Waals surface area contributed by atoms with Gasteiger partial charge in [-0.05, 0) is 18.6 Å². The summed E-state index contributed by atoms with van der Waals surface area (Å²) in [6.07, 6.45) is 1.80. The Kier molecular flexibility index (Phi) is 2.52. The number of anilines is 1. The number of nitrogens with zero attached hydrogens (tertiary/aromatic N) is 1. The SMILES string of the molecule is Nc1ncccc1OC1CCS(=O)(=O)C1. The van der Waals surface area contributed by atoms with Crippen molar-refractivity contribution in [3.8, 4) is 5.75 Å². The number of pyridine rings is 1. The summed E-state index contributed by atoms with van der Waals surface area (Å²) in [7, 11) is -2.91. The van der Waals surface area contributed by atoms with Crippen molar-refractivity contribution in [2.45, 2.75) is 12.5 Å². The summed E-state index contributed by atoms with van der Waals surface area (Å²) in [5.74, 6) is 1.01. The van der Waals surface area contributed by atoms with Crippen LogP contribution in [-0.4, -0.2) is 31.0 Å². The third kappa shape index (κ3) is 2.38. The molecule has 0 spiro atoms. The number of aromatic nitrogens is 1. The molecule has 1 saturated heterocycles. The maximum Gasteiger partial charge on any atom is 0.166 e. The molecule has 1 aromatic rings. The van der Waals surface area contributed by atoms with Crippen LogP contribution >= 0.6 is 0 Å². The lowest BCUT2D eigenvalue weighted by Crippen LogP contribution is -2.18. The molecule has 5 nitrogen and oxygen atoms in total. The van der Waals surface area contributed by atoms with Gasteiger partial charge in [0.15, 0.2) is 21.4 Å². The van der Waals surface area contributed by atoms with Gasteiger partial charge < -0.3 is 10.5 Å². The average Bonchev–Trinajstić information content (AvgIpc) is 2.50. The number of sulfone groups is 1. The van der Waals surface area contributed by atoms with Gasteiger partial charge in [0.1, 0.15) is 6.10 Å². The third-order valence-electron chi connectivity index (χ3n) is 2.28. The highest BCUT2D eigenvalue weighted by Gasteiger charge is 2.29. The minimum atomic E-state index is -2.91. The van der Waals surface area contributed by atoms with Crippen LogP contribution in [0.5, 0.6) is 5.75 Å². The zero-order chi connectivity index (χ0) is 10.9. The van der Waals surface area contributed by atoms with Crippen molar-refractivity contribution in [2.75, 3.05) is 17.2 Å². The van der Waals surface area contributed by atoms with Gasteiger partial charge in [0.2, 0.25) is 0 Å². The maximum absolute atomic E-state index is 11.2. The first-order chi connectivity index (χ1) is 7.07. The van der Waals surface area contributed by atoms with E-state index in [0.717, 1.165) is 0 Å². The standard InChI is InChI=1S/C9H12N2O3S/c10-9-8(2-1-4-11-9)14-7-3-5-15(12,13)6-7/h1-2,4,7H,3,5-6H2,(H2,10,11). The largest absolute Gasteiger partial charge is 0.485 e. The molecule has 82 valence electrons. The molecule has 0 amide bonds. The van der Waals surface area contributed by atoms with Crippen LogP contribution < -0.4 is 10.5 Å². The first-order valence-corrected chi connectivity index (χ1v) is 6.46. The number of nitrogens with two attached hydrogens (primary N) is 1. The van der Waals surface area contributed by atoms with Crippen LogP contribution in [0.1, 0.15) is 6.42 Å². The maximum atomic E-state index is 11.2. The van der Waals surface area contributed by atoms with Crippen LogP contribution in [0, 0.1) is 0 Å². The number of nitrogen functional groups attached to an aromatic ring is 1. The highest BCUT2D eigenvalue weighted by molar-refractivity contribution is 7.91. The highest BCUT2D eigenvalue weighted by atomic mass is 32.2. The van der Waals surface area contributed by atoms with E-state index in [-0.39, 0.29) is 17.6 Å². The fourth-order valence-corrected chi connectivity index (χ4v) is 3.13. The van der Waals surface area contributed by atoms with Crippen molar-refractivity contribution in [3.05, 3.63) is 18.3 Å². The van der Waals surface area contributed by atoms with E-state index >= 15 is 0 Å². The Hall–Kier alpha value is -1.30. The summed E-state index contributed by atoms with van der Waals surface area (Å²) in [4.78, 5) is 3.86. The van der Waals surface area contributed by atoms with Gasteiger partial charge in [-0.25, -0.2) is 13.4 Å². The zero-order valence-electron chi connectivity index (χ0n) is 8.09. The van der Waals surface area contributed by atoms with Crippen molar-refractivity contribution in [1.82, 2.24) is 4.98 Å². The van der Waals surface area contributed by atoms with Gasteiger partial charge >= 0.3 is 0 Å². The van der Waals surface area contributed by atoms with Crippen LogP contribution in [0.3, 0.4) is 0 Å². The molecule has 1 aromatic heterocycles. The van der Waals surface area contributed by atoms with Gasteiger partial charge in [-0.2, -0.15) is 0 Å². The van der Waals surface area contributed by atoms with Crippen LogP contribution in [0.25, 0.3) is 0 Å². The van der Waals surface area contributed by atoms with E-state index in [2.05, 4.69) is 4.98 Å². The van der Waals surface area contributed by atoms with Crippen molar-refractivity contribution in [2.24, 2.45) is 0 Å². The monoisotopic (exact) mass is 228 g/mol. The Morgan fingerprint density at radius 3 is 2.93 bits per heavy atom. The lowest BCUT2D eigenvalue weighted by Gasteiger charge is -2.12. The van der Waals surface area contributed by atoms with Gasteiger partial charge in [0.05, 0.1) is 11.5 Å². The average molecular weight is 228 g/mol. The molecule has 1 fully saturated rings. The van der Waals surface area contributed by atoms with Crippen LogP contribution in [-0.2, 0) is 9.84 Å². The number of hydrogen-bond donors (Lipinski definition) is 1. The Labute approximate surface area is 88.2 Å². The number of ether oxygens (including phenoxy) is 1. The molecule has 6 heteroatoms. The number of rotatable bonds is 2. The molecule has 1 aliphatic rings. The molecule has 0 saturated carbocycles. The summed E-state index contributed by atoms with van der Waals surface area (Å²) in [6, 6.07) is 3.39. The predicted molar refractivity (Wildman–Crippen MR) is 56.3 cm³/mol. The second-order valence-corrected chi connectivity index (χ2v) is 5.76. The van der Waals surface area contributed by atoms with E-state index in [1.165, 1.54) is 0 Å². The molecule has 0 bridgehead atoms. The van der Waals surface area contributed by atoms with E-state index in [9.17, 15) is 8.42 Å². The topological polar surface area (TPSA) is 82.3 Å². The summed E-state index contributed by atoms with van der Waals surface area (Å²) >= 11 is 0. The first kappa shape index (κ1) is 10.2. The minimum Gasteiger partial charge on any atom is -0.485 e. The fraction of sp³-hybridized carbons (Fsp3) is 0.444. The molecule has 2 heterocycles. The van der Waals surface area contributed by atoms with Crippen LogP contribution in [0.2, 0.25) is 0 Å². The quantitative estimate of drug-likeness (QED) is 0.783. The molecule has 2 rings (SSSR count). The zero-order valence-corrected chi connectivity index (χ0v) is 8.90. The Morgan fingerprint density at radius 1 is 1.53 bits per heavy atom. The molecule has 0 aliphatic carbocycles. The Bertz CT molecular complexity index is 458. The van der Waals surface area contributed by atoms with Crippen molar-refractivity contribution >= 4 is 15.7 Å². The molecule has 1 aliphatic heterocycles. The normalized spacial score (nSPS) is 23.9. The van der Waals surface area contributed by atoms with E-state index in [1.807, 2.05) is 0 Å². The smallest absolute Gasteiger partial charge is 0.166 e. The van der Waals surface area contributed by atoms with Crippen LogP contribution in [0.15, 0.2) is 18.3 Å². The van der Waals surface area contributed by atoms with Crippen molar-refractivity contribution < 1.29 is 13.2 Å². The lowest BCUT2D eigenvalue weighted by molar-refractivity contribution is 0.229. The highest BCUT2D eigenvalue weighted by Crippen LogP contribution is 2.23. The Balaban J connectivity index is 2.08. The molecule has 0 radical (unpaired) electrons. The minimum absolute atomic E-state index is 0.0708. The molecular weight excluding hydrogens is 216 g/mol. The second-order valence-electron chi connectivity index (χ2n) is 3.53. The summed E-state index contributed by atoms with van der Waals surface area (Å²) in [6.45, 7) is 0. The molecular formula is C9H12N2O3S. The second kappa shape index (κ2) is 3.69. The molecule has 15 heavy (non-hydrogen) atoms. The van der Waals surface area contributed by atoms with Gasteiger partial charge in [-0.1, -0.05) is 0 Å². The van der Waals surface area contributed by atoms with Gasteiger partial charge in [-0.3, -0.25) is 0 Å². The number of hydrogen-bond acceptors (Lipinski definition) is 5. The van der Waals surface area contributed by atoms with E-state index in [1.54, 1.807) is 18.3 Å². The molecule has 2 N–H and O–H groups in total. The van der Waals surface area contributed by atoms with E-state index < -0.39 is 9.84 Å². The summed E-state index contributed by atoms with van der Waals surface area (Å²) < 4.78 is 27.9. The van der Waals surface area contributed by atoms with Gasteiger partial charge in [-0.15, -0.1) is 0 Å². The first-order valence-electron chi connectivity index (χ1n) is 4.64. The molecule has 1 atom stereocenters. The van der Waals surface area contributed by atoms with Gasteiger partial charge in [0.25, 0.3) is 0 Å². The van der Waals surface area contributed by atoms with Crippen molar-refractivity contribution in [3.63, 3.8) is 0 Å².